The monoisotopic (exact) mass is 496 g/mol. The molecular weight excluding hydrogens is 469 g/mol. The molecule has 2 aromatic carbocycles. The number of carbonyl (C=O) groups is 1. The largest absolute Gasteiger partial charge is 0.466 e. The zero-order valence-electron chi connectivity index (χ0n) is 19.4. The summed E-state index contributed by atoms with van der Waals surface area (Å²) in [5, 5.41) is 0.601. The summed E-state index contributed by atoms with van der Waals surface area (Å²) in [6.45, 7) is 6.05. The van der Waals surface area contributed by atoms with E-state index in [1.807, 2.05) is 4.72 Å². The first-order valence-corrected chi connectivity index (χ1v) is 12.2. The van der Waals surface area contributed by atoms with Crippen LogP contribution < -0.4 is 4.72 Å². The molecule has 1 heterocycles. The predicted molar refractivity (Wildman–Crippen MR) is 123 cm³/mol. The maximum Gasteiger partial charge on any atom is 0.406 e. The van der Waals surface area contributed by atoms with E-state index in [-0.39, 0.29) is 17.9 Å². The van der Waals surface area contributed by atoms with Gasteiger partial charge in [-0.05, 0) is 50.5 Å². The number of fused-ring (bicyclic) bond motifs is 1. The smallest absolute Gasteiger partial charge is 0.406 e. The van der Waals surface area contributed by atoms with Gasteiger partial charge in [-0.2, -0.15) is 17.9 Å². The Balaban J connectivity index is 1.99. The van der Waals surface area contributed by atoms with E-state index in [0.29, 0.717) is 27.6 Å². The van der Waals surface area contributed by atoms with Crippen LogP contribution in [0.15, 0.2) is 47.5 Å². The number of para-hydroxylation sites is 1. The Kier molecular flexibility index (Phi) is 7.42. The van der Waals surface area contributed by atoms with E-state index in [0.717, 1.165) is 5.56 Å². The second kappa shape index (κ2) is 9.79. The van der Waals surface area contributed by atoms with Crippen molar-refractivity contribution in [2.24, 2.45) is 0 Å². The minimum atomic E-state index is -4.85. The number of carbonyl (C=O) groups excluding carboxylic acids is 1. The van der Waals surface area contributed by atoms with Crippen LogP contribution in [-0.4, -0.2) is 37.8 Å². The van der Waals surface area contributed by atoms with Gasteiger partial charge in [0.05, 0.1) is 17.9 Å². The minimum absolute atomic E-state index is 0.106. The summed E-state index contributed by atoms with van der Waals surface area (Å²) < 4.78 is 76.3. The van der Waals surface area contributed by atoms with Gasteiger partial charge in [0.25, 0.3) is 0 Å². The third kappa shape index (κ3) is 5.61. The van der Waals surface area contributed by atoms with E-state index < -0.39 is 34.8 Å². The van der Waals surface area contributed by atoms with E-state index in [1.54, 1.807) is 64.1 Å². The minimum Gasteiger partial charge on any atom is -0.466 e. The number of ether oxygens (including phenoxy) is 1. The molecule has 0 amide bonds. The molecule has 0 radical (unpaired) electrons. The average molecular weight is 497 g/mol. The molecule has 0 saturated heterocycles. The first-order chi connectivity index (χ1) is 15.8. The number of nitrogens with one attached hydrogen (secondary N) is 1. The van der Waals surface area contributed by atoms with Crippen molar-refractivity contribution >= 4 is 26.9 Å². The van der Waals surface area contributed by atoms with Gasteiger partial charge < -0.3 is 9.30 Å². The highest BCUT2D eigenvalue weighted by atomic mass is 32.2. The van der Waals surface area contributed by atoms with Crippen molar-refractivity contribution in [3.05, 3.63) is 64.8 Å². The third-order valence-electron chi connectivity index (χ3n) is 5.46. The van der Waals surface area contributed by atoms with Gasteiger partial charge in [-0.25, -0.2) is 8.42 Å². The second-order valence-corrected chi connectivity index (χ2v) is 9.90. The molecule has 0 spiro atoms. The Hall–Kier alpha value is -2.85. The van der Waals surface area contributed by atoms with Crippen LogP contribution in [0.5, 0.6) is 0 Å². The standard InChI is InChI=1S/C24H27F3N2O4S/c1-5-33-22(30)12-18-13-29(20-9-7-6-8-19(18)20)14-21(24(25,26)27)28-34(31,32)23-16(3)10-15(2)11-17(23)4/h6-11,13,21,28H,5,12,14H2,1-4H3. The van der Waals surface area contributed by atoms with Crippen LogP contribution in [0.25, 0.3) is 10.9 Å². The maximum absolute atomic E-state index is 14.0. The zero-order valence-corrected chi connectivity index (χ0v) is 20.2. The van der Waals surface area contributed by atoms with Gasteiger partial charge in [0.15, 0.2) is 0 Å². The molecule has 10 heteroatoms. The fourth-order valence-corrected chi connectivity index (χ4v) is 5.89. The highest BCUT2D eigenvalue weighted by Gasteiger charge is 2.43. The molecule has 1 unspecified atom stereocenters. The van der Waals surface area contributed by atoms with E-state index in [9.17, 15) is 26.4 Å². The Bertz CT molecular complexity index is 1290. The SMILES string of the molecule is CCOC(=O)Cc1cn(CC(NS(=O)(=O)c2c(C)cc(C)cc2C)C(F)(F)F)c2ccccc12. The van der Waals surface area contributed by atoms with Crippen LogP contribution in [0.3, 0.4) is 0 Å². The summed E-state index contributed by atoms with van der Waals surface area (Å²) in [6.07, 6.45) is -3.52. The lowest BCUT2D eigenvalue weighted by molar-refractivity contribution is -0.154. The Morgan fingerprint density at radius 2 is 1.74 bits per heavy atom. The van der Waals surface area contributed by atoms with Gasteiger partial charge in [0.2, 0.25) is 10.0 Å². The molecule has 0 aliphatic rings. The van der Waals surface area contributed by atoms with E-state index >= 15 is 0 Å². The molecule has 0 bridgehead atoms. The van der Waals surface area contributed by atoms with E-state index in [1.165, 1.54) is 10.8 Å². The maximum atomic E-state index is 14.0. The van der Waals surface area contributed by atoms with Gasteiger partial charge in [0.1, 0.15) is 6.04 Å². The van der Waals surface area contributed by atoms with E-state index in [2.05, 4.69) is 0 Å². The molecule has 34 heavy (non-hydrogen) atoms. The lowest BCUT2D eigenvalue weighted by Crippen LogP contribution is -2.48. The first kappa shape index (κ1) is 25.8. The van der Waals surface area contributed by atoms with Crippen molar-refractivity contribution in [3.8, 4) is 0 Å². The van der Waals surface area contributed by atoms with Crippen LogP contribution in [0.2, 0.25) is 0 Å². The second-order valence-electron chi connectivity index (χ2n) is 8.25. The third-order valence-corrected chi connectivity index (χ3v) is 7.23. The van der Waals surface area contributed by atoms with Gasteiger partial charge in [0, 0.05) is 23.6 Å². The molecule has 184 valence electrons. The summed E-state index contributed by atoms with van der Waals surface area (Å²) in [5.74, 6) is -0.496. The number of benzene rings is 2. The summed E-state index contributed by atoms with van der Waals surface area (Å²) in [6, 6.07) is 7.56. The number of sulfonamides is 1. The molecule has 3 rings (SSSR count). The fourth-order valence-electron chi connectivity index (χ4n) is 4.22. The fraction of sp³-hybridized carbons (Fsp3) is 0.375. The predicted octanol–water partition coefficient (Wildman–Crippen LogP) is 4.58. The molecule has 6 nitrogen and oxygen atoms in total. The molecule has 0 aliphatic carbocycles. The van der Waals surface area contributed by atoms with Gasteiger partial charge >= 0.3 is 12.1 Å². The number of esters is 1. The van der Waals surface area contributed by atoms with Crippen molar-refractivity contribution in [1.29, 1.82) is 0 Å². The molecule has 0 fully saturated rings. The van der Waals surface area contributed by atoms with Crippen LogP contribution in [-0.2, 0) is 32.5 Å². The van der Waals surface area contributed by atoms with Crippen molar-refractivity contribution < 1.29 is 31.1 Å². The van der Waals surface area contributed by atoms with E-state index in [4.69, 9.17) is 4.74 Å². The number of hydrogen-bond donors (Lipinski definition) is 1. The number of halogens is 3. The summed E-state index contributed by atoms with van der Waals surface area (Å²) in [7, 11) is -4.47. The Labute approximate surface area is 196 Å². The van der Waals surface area contributed by atoms with Gasteiger partial charge in [-0.1, -0.05) is 35.9 Å². The average Bonchev–Trinajstić information content (AvgIpc) is 3.03. The quantitative estimate of drug-likeness (QED) is 0.463. The van der Waals surface area contributed by atoms with Gasteiger partial charge in [-0.3, -0.25) is 4.79 Å². The lowest BCUT2D eigenvalue weighted by Gasteiger charge is -2.24. The highest BCUT2D eigenvalue weighted by Crippen LogP contribution is 2.29. The number of hydrogen-bond acceptors (Lipinski definition) is 4. The van der Waals surface area contributed by atoms with Crippen LogP contribution in [0, 0.1) is 20.8 Å². The Morgan fingerprint density at radius 1 is 1.12 bits per heavy atom. The van der Waals surface area contributed by atoms with Crippen molar-refractivity contribution in [2.75, 3.05) is 6.61 Å². The Morgan fingerprint density at radius 3 is 2.32 bits per heavy atom. The van der Waals surface area contributed by atoms with Crippen LogP contribution in [0.1, 0.15) is 29.2 Å². The topological polar surface area (TPSA) is 77.4 Å². The highest BCUT2D eigenvalue weighted by molar-refractivity contribution is 7.89. The number of aryl methyl sites for hydroxylation is 3. The molecule has 3 aromatic rings. The molecule has 1 atom stereocenters. The first-order valence-electron chi connectivity index (χ1n) is 10.7. The van der Waals surface area contributed by atoms with Crippen LogP contribution >= 0.6 is 0 Å². The zero-order chi connectivity index (χ0) is 25.3. The molecule has 0 aliphatic heterocycles. The number of rotatable bonds is 8. The summed E-state index contributed by atoms with van der Waals surface area (Å²) >= 11 is 0. The summed E-state index contributed by atoms with van der Waals surface area (Å²) in [4.78, 5) is 11.8. The van der Waals surface area contributed by atoms with Crippen molar-refractivity contribution in [3.63, 3.8) is 0 Å². The van der Waals surface area contributed by atoms with Crippen molar-refractivity contribution in [2.45, 2.75) is 57.8 Å². The number of nitrogens with zero attached hydrogens (tertiary/aromatic N) is 1. The lowest BCUT2D eigenvalue weighted by atomic mass is 10.1. The number of aromatic nitrogens is 1. The molecule has 0 saturated carbocycles. The number of alkyl halides is 3. The summed E-state index contributed by atoms with van der Waals surface area (Å²) in [5.41, 5.74) is 2.51. The molecule has 1 aromatic heterocycles. The van der Waals surface area contributed by atoms with Gasteiger partial charge in [-0.15, -0.1) is 0 Å². The molecule has 1 N–H and O–H groups in total. The van der Waals surface area contributed by atoms with Crippen LogP contribution in [0.4, 0.5) is 13.2 Å². The molecular formula is C24H27F3N2O4S. The normalized spacial score (nSPS) is 13.3. The van der Waals surface area contributed by atoms with Crippen molar-refractivity contribution in [1.82, 2.24) is 9.29 Å².